The van der Waals surface area contributed by atoms with Crippen molar-refractivity contribution in [2.45, 2.75) is 94.9 Å². The van der Waals surface area contributed by atoms with Gasteiger partial charge in [0.2, 0.25) is 53.2 Å². The molecule has 0 radical (unpaired) electrons. The molecule has 1 aromatic rings. The van der Waals surface area contributed by atoms with E-state index in [1.807, 2.05) is 0 Å². The number of primary amides is 2. The molecule has 8 atom stereocenters. The zero-order valence-electron chi connectivity index (χ0n) is 33.2. The van der Waals surface area contributed by atoms with Gasteiger partial charge in [-0.2, -0.15) is 12.6 Å². The highest BCUT2D eigenvalue weighted by Gasteiger charge is 2.36. The third-order valence-electron chi connectivity index (χ3n) is 8.37. The van der Waals surface area contributed by atoms with Crippen molar-refractivity contribution in [3.63, 3.8) is 0 Å². The van der Waals surface area contributed by atoms with E-state index < -0.39 is 145 Å². The number of rotatable bonds is 26. The summed E-state index contributed by atoms with van der Waals surface area (Å²) in [5, 5.41) is 53.9. The Hall–Kier alpha value is -6.54. The summed E-state index contributed by atoms with van der Waals surface area (Å²) in [5.74, 6) is -14.0. The first-order chi connectivity index (χ1) is 28.4. The van der Waals surface area contributed by atoms with Gasteiger partial charge >= 0.3 is 11.9 Å². The molecule has 61 heavy (non-hydrogen) atoms. The number of carboxylic acid groups (broad SMARTS) is 2. The van der Waals surface area contributed by atoms with Crippen LogP contribution in [-0.4, -0.2) is 146 Å². The number of aromatic hydroxyl groups is 1. The van der Waals surface area contributed by atoms with Crippen LogP contribution in [-0.2, 0) is 59.2 Å². The van der Waals surface area contributed by atoms with Gasteiger partial charge in [0.25, 0.3) is 0 Å². The molecule has 0 saturated heterocycles. The van der Waals surface area contributed by atoms with Gasteiger partial charge in [-0.3, -0.25) is 47.9 Å². The van der Waals surface area contributed by atoms with Crippen molar-refractivity contribution in [3.05, 3.63) is 29.8 Å². The van der Waals surface area contributed by atoms with E-state index in [2.05, 4.69) is 49.8 Å². The molecule has 17 N–H and O–H groups in total. The van der Waals surface area contributed by atoms with E-state index in [0.717, 1.165) is 6.92 Å². The summed E-state index contributed by atoms with van der Waals surface area (Å²) in [6, 6.07) is -6.40. The molecule has 1 rings (SSSR count). The van der Waals surface area contributed by atoms with Crippen LogP contribution < -0.4 is 54.4 Å². The van der Waals surface area contributed by atoms with Crippen molar-refractivity contribution in [3.8, 4) is 5.75 Å². The van der Waals surface area contributed by atoms with Crippen molar-refractivity contribution in [2.24, 2.45) is 23.1 Å². The van der Waals surface area contributed by atoms with Crippen molar-refractivity contribution >= 4 is 77.7 Å². The second-order valence-electron chi connectivity index (χ2n) is 13.9. The number of phenolic OH excluding ortho intramolecular Hbond substituents is 1. The van der Waals surface area contributed by atoms with Gasteiger partial charge in [-0.15, -0.1) is 0 Å². The Morgan fingerprint density at radius 1 is 0.623 bits per heavy atom. The number of nitrogens with one attached hydrogen (secondary N) is 7. The van der Waals surface area contributed by atoms with Gasteiger partial charge in [-0.05, 0) is 30.5 Å². The number of aliphatic hydroxyl groups excluding tert-OH is 1. The summed E-state index contributed by atoms with van der Waals surface area (Å²) < 4.78 is 0. The zero-order valence-corrected chi connectivity index (χ0v) is 34.1. The summed E-state index contributed by atoms with van der Waals surface area (Å²) in [7, 11) is 0. The highest BCUT2D eigenvalue weighted by Crippen LogP contribution is 2.13. The van der Waals surface area contributed by atoms with Crippen LogP contribution in [0, 0.1) is 5.92 Å². The minimum atomic E-state index is -1.93. The van der Waals surface area contributed by atoms with Crippen molar-refractivity contribution in [1.82, 2.24) is 37.2 Å². The molecular weight excluding hydrogens is 833 g/mol. The van der Waals surface area contributed by atoms with E-state index >= 15 is 0 Å². The Bertz CT molecular complexity index is 1800. The number of aliphatic carboxylic acids is 2. The van der Waals surface area contributed by atoms with Crippen LogP contribution in [0.15, 0.2) is 24.3 Å². The standard InChI is InChI=1S/C35H52N10O15S/c1-14(2)27(44-25(50)12-39-29(53)18(36)9-26(51)52)33(57)42-21(11-24(38)49)32(56)45-28(15(3)46)34(58)41-19(8-16-4-6-17(47)7-5-16)30(54)40-20(10-23(37)48)31(55)43-22(13-61)35(59)60/h4-7,14-15,18-22,27-28,46-47,61H,8-13,36H2,1-3H3,(H2,37,48)(H2,38,49)(H,39,53)(H,40,54)(H,41,58)(H,42,57)(H,43,55)(H,44,50)(H,45,56)(H,51,52)(H,59,60)/t15-,18+,19+,20+,21+,22+,27+,28+/m1/s1. The quantitative estimate of drug-likeness (QED) is 0.0385. The topological polar surface area (TPSA) is 431 Å². The first kappa shape index (κ1) is 52.5. The third-order valence-corrected chi connectivity index (χ3v) is 8.73. The van der Waals surface area contributed by atoms with Gasteiger partial charge in [0, 0.05) is 12.2 Å². The van der Waals surface area contributed by atoms with E-state index in [9.17, 15) is 68.1 Å². The molecule has 0 bridgehead atoms. The normalized spacial score (nSPS) is 14.8. The van der Waals surface area contributed by atoms with E-state index in [-0.39, 0.29) is 17.9 Å². The summed E-state index contributed by atoms with van der Waals surface area (Å²) >= 11 is 3.85. The average Bonchev–Trinajstić information content (AvgIpc) is 3.15. The maximum atomic E-state index is 13.7. The fourth-order valence-corrected chi connectivity index (χ4v) is 5.40. The Balaban J connectivity index is 3.35. The molecule has 0 heterocycles. The van der Waals surface area contributed by atoms with Gasteiger partial charge in [-0.1, -0.05) is 26.0 Å². The first-order valence-corrected chi connectivity index (χ1v) is 18.9. The highest BCUT2D eigenvalue weighted by atomic mass is 32.1. The van der Waals surface area contributed by atoms with Crippen molar-refractivity contribution in [2.75, 3.05) is 12.3 Å². The molecule has 1 aromatic carbocycles. The lowest BCUT2D eigenvalue weighted by atomic mass is 10.0. The lowest BCUT2D eigenvalue weighted by Gasteiger charge is -2.28. The summed E-state index contributed by atoms with van der Waals surface area (Å²) in [5.41, 5.74) is 16.3. The molecule has 25 nitrogen and oxygen atoms in total. The molecule has 0 spiro atoms. The minimum absolute atomic E-state index is 0.163. The number of nitrogens with two attached hydrogens (primary N) is 3. The molecule has 0 fully saturated rings. The Labute approximate surface area is 353 Å². The lowest BCUT2D eigenvalue weighted by molar-refractivity contribution is -0.142. The van der Waals surface area contributed by atoms with Gasteiger partial charge in [0.1, 0.15) is 42.0 Å². The number of amides is 9. The number of aliphatic hydroxyl groups is 1. The van der Waals surface area contributed by atoms with Crippen LogP contribution in [0.5, 0.6) is 5.75 Å². The predicted molar refractivity (Wildman–Crippen MR) is 212 cm³/mol. The van der Waals surface area contributed by atoms with Crippen LogP contribution in [0.2, 0.25) is 0 Å². The number of hydrogen-bond donors (Lipinski definition) is 15. The number of phenols is 1. The lowest BCUT2D eigenvalue weighted by Crippen LogP contribution is -2.62. The largest absolute Gasteiger partial charge is 0.508 e. The summed E-state index contributed by atoms with van der Waals surface area (Å²) in [4.78, 5) is 138. The third kappa shape index (κ3) is 18.9. The number of benzene rings is 1. The van der Waals surface area contributed by atoms with E-state index in [4.69, 9.17) is 22.3 Å². The van der Waals surface area contributed by atoms with Gasteiger partial charge < -0.3 is 74.8 Å². The minimum Gasteiger partial charge on any atom is -0.508 e. The molecule has 0 aliphatic rings. The Kier molecular flexibility index (Phi) is 21.7. The summed E-state index contributed by atoms with van der Waals surface area (Å²) in [6.07, 6.45) is -4.53. The number of carboxylic acids is 2. The second kappa shape index (κ2) is 25.2. The van der Waals surface area contributed by atoms with Crippen molar-refractivity contribution in [1.29, 1.82) is 0 Å². The van der Waals surface area contributed by atoms with Gasteiger partial charge in [0.15, 0.2) is 0 Å². The molecule has 0 aromatic heterocycles. The molecular formula is C35H52N10O15S. The van der Waals surface area contributed by atoms with E-state index in [1.54, 1.807) is 0 Å². The predicted octanol–water partition coefficient (Wildman–Crippen LogP) is -6.44. The van der Waals surface area contributed by atoms with Crippen LogP contribution in [0.4, 0.5) is 0 Å². The average molecular weight is 885 g/mol. The van der Waals surface area contributed by atoms with Crippen molar-refractivity contribution < 1.29 is 73.2 Å². The monoisotopic (exact) mass is 884 g/mol. The van der Waals surface area contributed by atoms with Crippen LogP contribution in [0.3, 0.4) is 0 Å². The molecule has 26 heteroatoms. The Morgan fingerprint density at radius 3 is 1.54 bits per heavy atom. The molecule has 0 aliphatic carbocycles. The first-order valence-electron chi connectivity index (χ1n) is 18.3. The number of thiol groups is 1. The molecule has 338 valence electrons. The van der Waals surface area contributed by atoms with E-state index in [1.165, 1.54) is 38.1 Å². The van der Waals surface area contributed by atoms with Gasteiger partial charge in [-0.25, -0.2) is 4.79 Å². The smallest absolute Gasteiger partial charge is 0.327 e. The molecule has 0 saturated carbocycles. The van der Waals surface area contributed by atoms with Crippen LogP contribution in [0.1, 0.15) is 45.6 Å². The maximum absolute atomic E-state index is 13.7. The molecule has 0 unspecified atom stereocenters. The molecule has 0 aliphatic heterocycles. The summed E-state index contributed by atoms with van der Waals surface area (Å²) in [6.45, 7) is 3.31. The number of carbonyl (C=O) groups excluding carboxylic acids is 9. The zero-order chi connectivity index (χ0) is 46.7. The highest BCUT2D eigenvalue weighted by molar-refractivity contribution is 7.80. The molecule has 9 amide bonds. The SMILES string of the molecule is CC(C)[C@H](NC(=O)CNC(=O)[C@@H](N)CC(=O)O)C(=O)N[C@@H](CC(N)=O)C(=O)N[C@H](C(=O)N[C@@H](Cc1ccc(O)cc1)C(=O)N[C@@H](CC(N)=O)C(=O)N[C@@H](CS)C(=O)O)[C@@H](C)O. The van der Waals surface area contributed by atoms with Crippen LogP contribution in [0.25, 0.3) is 0 Å². The van der Waals surface area contributed by atoms with Gasteiger partial charge in [0.05, 0.1) is 38.0 Å². The number of carbonyl (C=O) groups is 11. The van der Waals surface area contributed by atoms with E-state index in [0.29, 0.717) is 5.56 Å². The Morgan fingerprint density at radius 2 is 1.08 bits per heavy atom. The fourth-order valence-electron chi connectivity index (χ4n) is 5.15. The fraction of sp³-hybridized carbons (Fsp3) is 0.514. The van der Waals surface area contributed by atoms with Crippen LogP contribution >= 0.6 is 12.6 Å². The number of hydrogen-bond acceptors (Lipinski definition) is 15. The maximum Gasteiger partial charge on any atom is 0.327 e. The second-order valence-corrected chi connectivity index (χ2v) is 14.3.